The van der Waals surface area contributed by atoms with E-state index >= 15 is 0 Å². The number of benzene rings is 1. The number of carboxylic acid groups (broad SMARTS) is 1. The number of piperazine rings is 1. The summed E-state index contributed by atoms with van der Waals surface area (Å²) in [5, 5.41) is 13.6. The molecule has 0 aliphatic carbocycles. The van der Waals surface area contributed by atoms with Crippen molar-refractivity contribution >= 4 is 17.6 Å². The van der Waals surface area contributed by atoms with Crippen LogP contribution in [0.25, 0.3) is 0 Å². The third-order valence-electron chi connectivity index (χ3n) is 4.12. The summed E-state index contributed by atoms with van der Waals surface area (Å²) in [5.41, 5.74) is -0.175. The molecule has 8 heteroatoms. The van der Waals surface area contributed by atoms with Gasteiger partial charge in [0.1, 0.15) is 43.9 Å². The standard InChI is InChI=1S/C15H19F2N3O3/c1-19-4-6-20(7-5-19)13(15(22)23)9-14(21)18-12-3-2-10(16)8-11(12)17/h2-3,8,13H,4-7,9H2,1H3,(H,18,21)(H,22,23)/p+1/t13-/m0/s1. The van der Waals surface area contributed by atoms with E-state index in [0.29, 0.717) is 19.2 Å². The Morgan fingerprint density at radius 1 is 1.26 bits per heavy atom. The number of anilines is 1. The van der Waals surface area contributed by atoms with E-state index in [1.165, 1.54) is 4.90 Å². The summed E-state index contributed by atoms with van der Waals surface area (Å²) < 4.78 is 26.3. The highest BCUT2D eigenvalue weighted by atomic mass is 19.1. The molecule has 1 aliphatic heterocycles. The minimum Gasteiger partial charge on any atom is -0.544 e. The van der Waals surface area contributed by atoms with Gasteiger partial charge in [-0.05, 0) is 12.1 Å². The Morgan fingerprint density at radius 3 is 2.48 bits per heavy atom. The van der Waals surface area contributed by atoms with Crippen LogP contribution in [0.2, 0.25) is 0 Å². The first kappa shape index (κ1) is 17.3. The molecule has 0 spiro atoms. The second kappa shape index (κ2) is 7.47. The fourth-order valence-electron chi connectivity index (χ4n) is 2.72. The lowest BCUT2D eigenvalue weighted by Gasteiger charge is -2.33. The summed E-state index contributed by atoms with van der Waals surface area (Å²) in [6, 6.07) is 1.79. The monoisotopic (exact) mass is 328 g/mol. The van der Waals surface area contributed by atoms with Crippen LogP contribution in [0.1, 0.15) is 6.42 Å². The van der Waals surface area contributed by atoms with Gasteiger partial charge in [-0.15, -0.1) is 0 Å². The van der Waals surface area contributed by atoms with Gasteiger partial charge in [-0.1, -0.05) is 0 Å². The number of nitrogens with one attached hydrogen (secondary N) is 3. The topological polar surface area (TPSA) is 78.1 Å². The molecule has 1 atom stereocenters. The molecule has 1 aromatic rings. The fraction of sp³-hybridized carbons (Fsp3) is 0.467. The molecule has 0 unspecified atom stereocenters. The maximum atomic E-state index is 13.5. The molecule has 2 rings (SSSR count). The molecule has 1 saturated heterocycles. The number of hydrogen-bond acceptors (Lipinski definition) is 3. The Morgan fingerprint density at radius 2 is 1.91 bits per heavy atom. The van der Waals surface area contributed by atoms with E-state index < -0.39 is 29.6 Å². The molecule has 126 valence electrons. The third kappa shape index (κ3) is 4.70. The summed E-state index contributed by atoms with van der Waals surface area (Å²) >= 11 is 0. The van der Waals surface area contributed by atoms with Crippen LogP contribution in [-0.4, -0.2) is 51.1 Å². The number of amides is 1. The Labute approximate surface area is 132 Å². The van der Waals surface area contributed by atoms with Crippen molar-refractivity contribution in [2.24, 2.45) is 0 Å². The van der Waals surface area contributed by atoms with E-state index in [9.17, 15) is 23.5 Å². The lowest BCUT2D eigenvalue weighted by molar-refractivity contribution is -1.01. The van der Waals surface area contributed by atoms with Crippen molar-refractivity contribution in [2.45, 2.75) is 12.5 Å². The normalized spacial score (nSPS) is 22.4. The van der Waals surface area contributed by atoms with Gasteiger partial charge in [0, 0.05) is 6.07 Å². The van der Waals surface area contributed by atoms with E-state index in [-0.39, 0.29) is 12.1 Å². The van der Waals surface area contributed by atoms with Crippen LogP contribution in [-0.2, 0) is 9.59 Å². The van der Waals surface area contributed by atoms with Gasteiger partial charge >= 0.3 is 0 Å². The summed E-state index contributed by atoms with van der Waals surface area (Å²) in [6.45, 7) is 2.88. The van der Waals surface area contributed by atoms with Gasteiger partial charge in [0.2, 0.25) is 5.91 Å². The maximum absolute atomic E-state index is 13.5. The number of carboxylic acids is 1. The van der Waals surface area contributed by atoms with Crippen LogP contribution in [0.5, 0.6) is 0 Å². The van der Waals surface area contributed by atoms with Gasteiger partial charge in [-0.2, -0.15) is 0 Å². The molecule has 1 fully saturated rings. The van der Waals surface area contributed by atoms with Crippen LogP contribution < -0.4 is 20.2 Å². The third-order valence-corrected chi connectivity index (χ3v) is 4.12. The molecule has 23 heavy (non-hydrogen) atoms. The van der Waals surface area contributed by atoms with Gasteiger partial charge in [-0.25, -0.2) is 8.78 Å². The van der Waals surface area contributed by atoms with E-state index in [2.05, 4.69) is 5.32 Å². The first-order valence-corrected chi connectivity index (χ1v) is 7.48. The van der Waals surface area contributed by atoms with Gasteiger partial charge in [0.05, 0.1) is 25.1 Å². The number of likely N-dealkylation sites (N-methyl/N-ethyl adjacent to an activating group) is 1. The van der Waals surface area contributed by atoms with Crippen LogP contribution in [0.4, 0.5) is 14.5 Å². The van der Waals surface area contributed by atoms with Crippen molar-refractivity contribution in [3.8, 4) is 0 Å². The van der Waals surface area contributed by atoms with E-state index in [1.807, 2.05) is 7.05 Å². The molecule has 6 nitrogen and oxygen atoms in total. The van der Waals surface area contributed by atoms with E-state index in [0.717, 1.165) is 30.1 Å². The smallest absolute Gasteiger partial charge is 0.230 e. The lowest BCUT2D eigenvalue weighted by Crippen LogP contribution is -3.29. The number of rotatable bonds is 5. The second-order valence-electron chi connectivity index (χ2n) is 5.86. The average molecular weight is 328 g/mol. The van der Waals surface area contributed by atoms with Crippen molar-refractivity contribution < 1.29 is 33.3 Å². The molecule has 1 amide bonds. The number of carbonyl (C=O) groups is 2. The van der Waals surface area contributed by atoms with Crippen molar-refractivity contribution in [2.75, 3.05) is 38.5 Å². The zero-order chi connectivity index (χ0) is 17.0. The largest absolute Gasteiger partial charge is 0.544 e. The van der Waals surface area contributed by atoms with Gasteiger partial charge < -0.3 is 25.0 Å². The predicted octanol–water partition coefficient (Wildman–Crippen LogP) is -3.17. The predicted molar refractivity (Wildman–Crippen MR) is 75.7 cm³/mol. The van der Waals surface area contributed by atoms with E-state index in [1.54, 1.807) is 0 Å². The number of carbonyl (C=O) groups excluding carboxylic acids is 2. The fourth-order valence-corrected chi connectivity index (χ4v) is 2.72. The lowest BCUT2D eigenvalue weighted by atomic mass is 10.1. The number of hydrogen-bond donors (Lipinski definition) is 3. The second-order valence-corrected chi connectivity index (χ2v) is 5.86. The maximum Gasteiger partial charge on any atom is 0.230 e. The first-order valence-electron chi connectivity index (χ1n) is 7.48. The van der Waals surface area contributed by atoms with Crippen LogP contribution in [0, 0.1) is 11.6 Å². The molecular formula is C15H20F2N3O3+. The van der Waals surface area contributed by atoms with Crippen molar-refractivity contribution in [1.82, 2.24) is 0 Å². The molecule has 0 saturated carbocycles. The molecule has 0 bridgehead atoms. The molecule has 1 aliphatic rings. The molecular weight excluding hydrogens is 308 g/mol. The Hall–Kier alpha value is -2.06. The number of aliphatic carboxylic acids is 1. The summed E-state index contributed by atoms with van der Waals surface area (Å²) in [6.07, 6.45) is -0.312. The Kier molecular flexibility index (Phi) is 5.62. The quantitative estimate of drug-likeness (QED) is 0.534. The average Bonchev–Trinajstić information content (AvgIpc) is 2.48. The number of quaternary nitrogens is 2. The van der Waals surface area contributed by atoms with Crippen LogP contribution in [0.15, 0.2) is 18.2 Å². The van der Waals surface area contributed by atoms with Gasteiger partial charge in [0.25, 0.3) is 0 Å². The van der Waals surface area contributed by atoms with Crippen molar-refractivity contribution in [3.63, 3.8) is 0 Å². The molecule has 0 aromatic heterocycles. The van der Waals surface area contributed by atoms with Crippen LogP contribution >= 0.6 is 0 Å². The summed E-state index contributed by atoms with van der Waals surface area (Å²) in [5.74, 6) is -3.59. The summed E-state index contributed by atoms with van der Waals surface area (Å²) in [4.78, 5) is 25.4. The van der Waals surface area contributed by atoms with Gasteiger partial charge in [0.15, 0.2) is 0 Å². The molecule has 3 N–H and O–H groups in total. The molecule has 1 heterocycles. The molecule has 0 radical (unpaired) electrons. The summed E-state index contributed by atoms with van der Waals surface area (Å²) in [7, 11) is 2.02. The minimum absolute atomic E-state index is 0.175. The van der Waals surface area contributed by atoms with Crippen molar-refractivity contribution in [1.29, 1.82) is 0 Å². The Balaban J connectivity index is 1.99. The highest BCUT2D eigenvalue weighted by Gasteiger charge is 2.30. The van der Waals surface area contributed by atoms with E-state index in [4.69, 9.17) is 0 Å². The van der Waals surface area contributed by atoms with Crippen molar-refractivity contribution in [3.05, 3.63) is 29.8 Å². The number of halogens is 2. The Bertz CT molecular complexity index is 589. The highest BCUT2D eigenvalue weighted by Crippen LogP contribution is 2.15. The zero-order valence-electron chi connectivity index (χ0n) is 12.8. The zero-order valence-corrected chi connectivity index (χ0v) is 12.8. The van der Waals surface area contributed by atoms with Crippen LogP contribution in [0.3, 0.4) is 0 Å². The molecule has 1 aromatic carbocycles. The highest BCUT2D eigenvalue weighted by molar-refractivity contribution is 5.93. The van der Waals surface area contributed by atoms with Gasteiger partial charge in [-0.3, -0.25) is 4.79 Å². The first-order chi connectivity index (χ1) is 10.9. The minimum atomic E-state index is -1.30. The SMILES string of the molecule is C[NH+]1CC[NH+]([C@@H](CC(=O)Nc2ccc(F)cc2F)C(=O)[O-])CC1.